The van der Waals surface area contributed by atoms with Gasteiger partial charge in [-0.15, -0.1) is 0 Å². The number of hydrogen-bond acceptors (Lipinski definition) is 7. The van der Waals surface area contributed by atoms with Crippen molar-refractivity contribution in [2.24, 2.45) is 0 Å². The van der Waals surface area contributed by atoms with E-state index in [4.69, 9.17) is 33.7 Å². The first-order chi connectivity index (χ1) is 18.0. The Bertz CT molecular complexity index is 1570. The molecule has 0 saturated carbocycles. The molecule has 0 aliphatic carbocycles. The van der Waals surface area contributed by atoms with Crippen molar-refractivity contribution in [3.05, 3.63) is 94.1 Å². The average molecular weight is 532 g/mol. The van der Waals surface area contributed by atoms with E-state index in [1.54, 1.807) is 24.4 Å². The van der Waals surface area contributed by atoms with Crippen LogP contribution >= 0.6 is 23.2 Å². The van der Waals surface area contributed by atoms with Gasteiger partial charge in [0.2, 0.25) is 5.95 Å². The number of ether oxygens (including phenoxy) is 1. The summed E-state index contributed by atoms with van der Waals surface area (Å²) in [5.41, 5.74) is 10.1. The number of benzene rings is 3. The van der Waals surface area contributed by atoms with Crippen LogP contribution in [0.3, 0.4) is 0 Å². The van der Waals surface area contributed by atoms with Crippen LogP contribution < -0.4 is 20.7 Å². The minimum atomic E-state index is 0.107. The fourth-order valence-corrected chi connectivity index (χ4v) is 5.25. The van der Waals surface area contributed by atoms with Crippen LogP contribution in [0.1, 0.15) is 11.1 Å². The summed E-state index contributed by atoms with van der Waals surface area (Å²) in [4.78, 5) is 11.0. The first-order valence-corrected chi connectivity index (χ1v) is 12.5. The Morgan fingerprint density at radius 1 is 1.00 bits per heavy atom. The third kappa shape index (κ3) is 5.12. The van der Waals surface area contributed by atoms with Crippen molar-refractivity contribution in [1.29, 1.82) is 0 Å². The SMILES string of the molecule is Nc1nc(NC2Cc3ccccc3N(Cc3cccc(Oc4cc(Cl)cc(Cl)c4)c3)C2)c2cn[nH]c2n1. The summed E-state index contributed by atoms with van der Waals surface area (Å²) in [6.07, 6.45) is 2.57. The summed E-state index contributed by atoms with van der Waals surface area (Å²) in [5.74, 6) is 2.19. The second kappa shape index (κ2) is 9.80. The molecule has 0 bridgehead atoms. The predicted molar refractivity (Wildman–Crippen MR) is 148 cm³/mol. The third-order valence-corrected chi connectivity index (χ3v) is 6.69. The van der Waals surface area contributed by atoms with Gasteiger partial charge in [-0.1, -0.05) is 53.5 Å². The summed E-state index contributed by atoms with van der Waals surface area (Å²) >= 11 is 12.3. The zero-order valence-electron chi connectivity index (χ0n) is 19.7. The monoisotopic (exact) mass is 531 g/mol. The molecule has 6 rings (SSSR count). The van der Waals surface area contributed by atoms with Crippen molar-refractivity contribution >= 4 is 51.7 Å². The largest absolute Gasteiger partial charge is 0.457 e. The third-order valence-electron chi connectivity index (χ3n) is 6.25. The van der Waals surface area contributed by atoms with Gasteiger partial charge in [0.1, 0.15) is 17.3 Å². The van der Waals surface area contributed by atoms with Crippen LogP contribution in [0.4, 0.5) is 17.5 Å². The Labute approximate surface area is 223 Å². The molecule has 0 saturated heterocycles. The van der Waals surface area contributed by atoms with Crippen molar-refractivity contribution in [2.75, 3.05) is 22.5 Å². The quantitative estimate of drug-likeness (QED) is 0.244. The lowest BCUT2D eigenvalue weighted by Gasteiger charge is -2.37. The topological polar surface area (TPSA) is 105 Å². The molecule has 10 heteroatoms. The van der Waals surface area contributed by atoms with Crippen LogP contribution in [0, 0.1) is 0 Å². The Balaban J connectivity index is 1.25. The van der Waals surface area contributed by atoms with E-state index >= 15 is 0 Å². The van der Waals surface area contributed by atoms with E-state index in [-0.39, 0.29) is 12.0 Å². The number of nitrogens with one attached hydrogen (secondary N) is 2. The second-order valence-electron chi connectivity index (χ2n) is 8.97. The molecule has 0 spiro atoms. The predicted octanol–water partition coefficient (Wildman–Crippen LogP) is 6.08. The summed E-state index contributed by atoms with van der Waals surface area (Å²) in [6, 6.07) is 21.8. The highest BCUT2D eigenvalue weighted by Crippen LogP contribution is 2.32. The van der Waals surface area contributed by atoms with Gasteiger partial charge >= 0.3 is 0 Å². The fourth-order valence-electron chi connectivity index (χ4n) is 4.74. The second-order valence-corrected chi connectivity index (χ2v) is 9.84. The van der Waals surface area contributed by atoms with Gasteiger partial charge in [0.05, 0.1) is 11.6 Å². The standard InChI is InChI=1S/C27H23Cl2N7O/c28-18-10-19(29)12-22(11-18)37-21-6-3-4-16(8-21)14-36-15-20(9-17-5-1-2-7-24(17)36)32-25-23-13-31-35-26(23)34-27(30)33-25/h1-8,10-13,20H,9,14-15H2,(H4,30,31,32,33,34,35). The first kappa shape index (κ1) is 23.4. The van der Waals surface area contributed by atoms with Crippen molar-refractivity contribution in [3.8, 4) is 11.5 Å². The highest BCUT2D eigenvalue weighted by Gasteiger charge is 2.25. The lowest BCUT2D eigenvalue weighted by Crippen LogP contribution is -2.42. The van der Waals surface area contributed by atoms with Crippen molar-refractivity contribution in [2.45, 2.75) is 19.0 Å². The van der Waals surface area contributed by atoms with E-state index in [1.165, 1.54) is 11.3 Å². The number of nitrogens with zero attached hydrogens (tertiary/aromatic N) is 4. The smallest absolute Gasteiger partial charge is 0.224 e. The number of hydrogen-bond donors (Lipinski definition) is 3. The highest BCUT2D eigenvalue weighted by atomic mass is 35.5. The molecule has 1 atom stereocenters. The lowest BCUT2D eigenvalue weighted by molar-refractivity contribution is 0.482. The number of aromatic nitrogens is 4. The maximum absolute atomic E-state index is 6.13. The molecule has 2 aromatic heterocycles. The van der Waals surface area contributed by atoms with Gasteiger partial charge in [-0.3, -0.25) is 5.10 Å². The molecule has 3 aromatic carbocycles. The number of nitrogen functional groups attached to an aromatic ring is 1. The molecule has 8 nitrogen and oxygen atoms in total. The van der Waals surface area contributed by atoms with Gasteiger partial charge in [-0.25, -0.2) is 0 Å². The minimum absolute atomic E-state index is 0.107. The summed E-state index contributed by atoms with van der Waals surface area (Å²) < 4.78 is 6.05. The van der Waals surface area contributed by atoms with E-state index in [2.05, 4.69) is 60.7 Å². The van der Waals surface area contributed by atoms with Gasteiger partial charge in [0, 0.05) is 34.9 Å². The Morgan fingerprint density at radius 2 is 1.84 bits per heavy atom. The molecule has 0 amide bonds. The van der Waals surface area contributed by atoms with E-state index < -0.39 is 0 Å². The number of fused-ring (bicyclic) bond motifs is 2. The number of anilines is 3. The van der Waals surface area contributed by atoms with Crippen molar-refractivity contribution in [1.82, 2.24) is 20.2 Å². The Hall–Kier alpha value is -4.01. The number of H-pyrrole nitrogens is 1. The maximum Gasteiger partial charge on any atom is 0.224 e. The summed E-state index contributed by atoms with van der Waals surface area (Å²) in [5, 5.41) is 12.4. The molecule has 5 aromatic rings. The van der Waals surface area contributed by atoms with Gasteiger partial charge in [-0.2, -0.15) is 15.1 Å². The molecule has 37 heavy (non-hydrogen) atoms. The summed E-state index contributed by atoms with van der Waals surface area (Å²) in [6.45, 7) is 1.48. The average Bonchev–Trinajstić information content (AvgIpc) is 3.32. The van der Waals surface area contributed by atoms with Gasteiger partial charge in [0.25, 0.3) is 0 Å². The van der Waals surface area contributed by atoms with Crippen LogP contribution in [0.25, 0.3) is 11.0 Å². The number of aromatic amines is 1. The van der Waals surface area contributed by atoms with E-state index in [9.17, 15) is 0 Å². The molecule has 1 aliphatic heterocycles. The molecular weight excluding hydrogens is 509 g/mol. The number of halogens is 2. The first-order valence-electron chi connectivity index (χ1n) is 11.8. The van der Waals surface area contributed by atoms with Gasteiger partial charge in [0.15, 0.2) is 5.65 Å². The molecule has 4 N–H and O–H groups in total. The van der Waals surface area contributed by atoms with Crippen LogP contribution in [0.15, 0.2) is 72.9 Å². The molecule has 3 heterocycles. The lowest BCUT2D eigenvalue weighted by atomic mass is 9.97. The molecule has 1 aliphatic rings. The van der Waals surface area contributed by atoms with Crippen LogP contribution in [0.2, 0.25) is 10.0 Å². The molecule has 0 fully saturated rings. The minimum Gasteiger partial charge on any atom is -0.457 e. The fraction of sp³-hybridized carbons (Fsp3) is 0.148. The van der Waals surface area contributed by atoms with E-state index in [1.807, 2.05) is 18.2 Å². The van der Waals surface area contributed by atoms with E-state index in [0.717, 1.165) is 29.7 Å². The number of nitrogens with two attached hydrogens (primary N) is 1. The maximum atomic E-state index is 6.13. The number of para-hydroxylation sites is 1. The molecule has 0 radical (unpaired) electrons. The van der Waals surface area contributed by atoms with Crippen LogP contribution in [-0.2, 0) is 13.0 Å². The highest BCUT2D eigenvalue weighted by molar-refractivity contribution is 6.34. The molecule has 186 valence electrons. The van der Waals surface area contributed by atoms with Gasteiger partial charge < -0.3 is 20.7 Å². The Morgan fingerprint density at radius 3 is 2.70 bits per heavy atom. The van der Waals surface area contributed by atoms with Crippen LogP contribution in [-0.4, -0.2) is 32.8 Å². The summed E-state index contributed by atoms with van der Waals surface area (Å²) in [7, 11) is 0. The normalized spacial score (nSPS) is 15.0. The van der Waals surface area contributed by atoms with Gasteiger partial charge in [-0.05, 0) is 53.9 Å². The Kier molecular flexibility index (Phi) is 6.20. The zero-order chi connectivity index (χ0) is 25.4. The van der Waals surface area contributed by atoms with Crippen molar-refractivity contribution < 1.29 is 4.74 Å². The van der Waals surface area contributed by atoms with Crippen LogP contribution in [0.5, 0.6) is 11.5 Å². The zero-order valence-corrected chi connectivity index (χ0v) is 21.2. The van der Waals surface area contributed by atoms with E-state index in [0.29, 0.717) is 33.8 Å². The van der Waals surface area contributed by atoms with Crippen molar-refractivity contribution in [3.63, 3.8) is 0 Å². The molecular formula is C27H23Cl2N7O. The number of rotatable bonds is 6. The molecule has 1 unspecified atom stereocenters.